The van der Waals surface area contributed by atoms with Gasteiger partial charge in [0.25, 0.3) is 0 Å². The molecule has 0 aliphatic carbocycles. The van der Waals surface area contributed by atoms with Crippen LogP contribution in [0, 0.1) is 10.7 Å². The number of rotatable bonds is 0. The van der Waals surface area contributed by atoms with Gasteiger partial charge in [0.1, 0.15) is 0 Å². The summed E-state index contributed by atoms with van der Waals surface area (Å²) < 4.78 is 0. The molecular formula is CHKMoNS. The molecule has 0 bridgehead atoms. The van der Waals surface area contributed by atoms with Crippen LogP contribution in [0.1, 0.15) is 0 Å². The minimum atomic E-state index is 0. The number of nitrogens with zero attached hydrogens (tertiary/aromatic N) is 1. The fraction of sp³-hybridized carbons (Fsp3) is 0. The van der Waals surface area contributed by atoms with Crippen molar-refractivity contribution in [3.8, 4) is 5.40 Å². The molecule has 0 atom stereocenters. The Morgan fingerprint density at radius 3 is 2.00 bits per heavy atom. The zero-order valence-corrected chi connectivity index (χ0v) is 4.59. The van der Waals surface area contributed by atoms with Gasteiger partial charge in [0.05, 0.1) is 0 Å². The molecule has 0 rings (SSSR count). The Hall–Kier alpha value is 2.16. The molecule has 0 heterocycles. The van der Waals surface area contributed by atoms with Crippen LogP contribution in [-0.2, 0) is 18.5 Å². The van der Waals surface area contributed by atoms with E-state index >= 15 is 0 Å². The summed E-state index contributed by atoms with van der Waals surface area (Å²) in [4.78, 5) is 0. The molecule has 0 N–H and O–H groups in total. The summed E-state index contributed by atoms with van der Waals surface area (Å²) in [5.74, 6) is 0. The van der Waals surface area contributed by atoms with E-state index in [4.69, 9.17) is 5.26 Å². The molecule has 0 aliphatic rings. The van der Waals surface area contributed by atoms with Crippen LogP contribution in [0.2, 0.25) is 0 Å². The summed E-state index contributed by atoms with van der Waals surface area (Å²) in [6, 6.07) is 0. The Kier molecular flexibility index (Phi) is 19.4. The van der Waals surface area contributed by atoms with Gasteiger partial charge in [-0.3, -0.25) is 0 Å². The third kappa shape index (κ3) is 10.7. The van der Waals surface area contributed by atoms with Crippen LogP contribution in [0.15, 0.2) is 0 Å². The van der Waals surface area contributed by atoms with Crippen molar-refractivity contribution in [3.05, 3.63) is 0 Å². The van der Waals surface area contributed by atoms with Crippen LogP contribution in [0.5, 0.6) is 0 Å². The zero-order chi connectivity index (χ0) is 3.41. The van der Waals surface area contributed by atoms with E-state index in [1.807, 2.05) is 5.40 Å². The van der Waals surface area contributed by atoms with E-state index in [9.17, 15) is 0 Å². The molecule has 0 aromatic rings. The van der Waals surface area contributed by atoms with Gasteiger partial charge in [-0.25, -0.2) is 0 Å². The first-order valence-corrected chi connectivity index (χ1v) is 3.79. The normalized spacial score (nSPS) is 3.80. The first kappa shape index (κ1) is 10.2. The number of nitriles is 1. The van der Waals surface area contributed by atoms with Gasteiger partial charge in [0, 0.05) is 0 Å². The number of hydrogen-bond acceptors (Lipinski definition) is 2. The Labute approximate surface area is 87.9 Å². The van der Waals surface area contributed by atoms with E-state index in [0.717, 1.165) is 0 Å². The molecule has 0 fully saturated rings. The van der Waals surface area contributed by atoms with Gasteiger partial charge in [0.2, 0.25) is 0 Å². The summed E-state index contributed by atoms with van der Waals surface area (Å²) in [7, 11) is 1.17. The molecule has 0 unspecified atom stereocenters. The second-order valence-electron chi connectivity index (χ2n) is 0.175. The Morgan fingerprint density at radius 1 is 1.80 bits per heavy atom. The monoisotopic (exact) mass is 196 g/mol. The maximum absolute atomic E-state index is 7.59. The van der Waals surface area contributed by atoms with Crippen LogP contribution in [0.4, 0.5) is 0 Å². The first-order valence-electron chi connectivity index (χ1n) is 0.594. The van der Waals surface area contributed by atoms with E-state index in [-0.39, 0.29) is 51.4 Å². The molecule has 0 saturated heterocycles. The van der Waals surface area contributed by atoms with Crippen LogP contribution in [0.3, 0.4) is 0 Å². The predicted molar refractivity (Wildman–Crippen MR) is 20.4 cm³/mol. The van der Waals surface area contributed by atoms with Crippen molar-refractivity contribution in [2.75, 3.05) is 0 Å². The van der Waals surface area contributed by atoms with E-state index in [2.05, 4.69) is 0 Å². The third-order valence-electron chi connectivity index (χ3n) is 0.0373. The van der Waals surface area contributed by atoms with E-state index in [1.54, 1.807) is 18.5 Å². The van der Waals surface area contributed by atoms with Crippen LogP contribution < -0.4 is 0 Å². The average Bonchev–Trinajstić information content (AvgIpc) is 1.37. The second kappa shape index (κ2) is 9.48. The van der Waals surface area contributed by atoms with E-state index in [0.29, 0.717) is 0 Å². The Bertz CT molecular complexity index is 41.4. The van der Waals surface area contributed by atoms with Crippen molar-refractivity contribution in [1.29, 1.82) is 5.26 Å². The number of thiocyanates is 1. The van der Waals surface area contributed by atoms with Crippen LogP contribution in [0.25, 0.3) is 0 Å². The van der Waals surface area contributed by atoms with Crippen molar-refractivity contribution >= 4 is 60.9 Å². The molecular weight excluding hydrogens is 193 g/mol. The van der Waals surface area contributed by atoms with Crippen molar-refractivity contribution in [2.24, 2.45) is 0 Å². The zero-order valence-electron chi connectivity index (χ0n) is 1.76. The average molecular weight is 194 g/mol. The van der Waals surface area contributed by atoms with Crippen molar-refractivity contribution in [3.63, 3.8) is 0 Å². The van der Waals surface area contributed by atoms with Gasteiger partial charge in [-0.1, -0.05) is 0 Å². The van der Waals surface area contributed by atoms with Gasteiger partial charge in [-0.05, 0) is 0 Å². The van der Waals surface area contributed by atoms with Gasteiger partial charge < -0.3 is 0 Å². The molecule has 0 aromatic carbocycles. The molecule has 0 aromatic heterocycles. The number of hydrogen-bond donors (Lipinski definition) is 0. The SMILES string of the molecule is N#C[S][Mo].[KH]. The Morgan fingerprint density at radius 2 is 2.00 bits per heavy atom. The molecule has 4 heteroatoms. The maximum atomic E-state index is 7.59. The molecule has 0 aliphatic heterocycles. The van der Waals surface area contributed by atoms with Crippen LogP contribution in [-0.4, -0.2) is 51.4 Å². The first-order chi connectivity index (χ1) is 1.91. The van der Waals surface area contributed by atoms with E-state index in [1.165, 1.54) is 9.47 Å². The third-order valence-corrected chi connectivity index (χ3v) is 0.661. The molecule has 0 radical (unpaired) electrons. The fourth-order valence-corrected chi connectivity index (χ4v) is 0. The van der Waals surface area contributed by atoms with E-state index < -0.39 is 0 Å². The van der Waals surface area contributed by atoms with Crippen molar-refractivity contribution in [1.82, 2.24) is 0 Å². The fourth-order valence-electron chi connectivity index (χ4n) is 0. The summed E-state index contributed by atoms with van der Waals surface area (Å²) in [6.07, 6.45) is 0. The van der Waals surface area contributed by atoms with Crippen molar-refractivity contribution < 1.29 is 18.5 Å². The molecule has 1 nitrogen and oxygen atoms in total. The topological polar surface area (TPSA) is 23.8 Å². The molecule has 0 saturated carbocycles. The van der Waals surface area contributed by atoms with Gasteiger partial charge >= 0.3 is 90.1 Å². The standard InChI is InChI=1S/CHNS.K.Mo.H/c2-1-3;;;/h3H;;;/q;;+1;/p-1. The summed E-state index contributed by atoms with van der Waals surface area (Å²) in [6.45, 7) is 0. The molecule has 0 amide bonds. The summed E-state index contributed by atoms with van der Waals surface area (Å²) in [5.41, 5.74) is 0. The summed E-state index contributed by atoms with van der Waals surface area (Å²) >= 11 is 1.68. The minimum absolute atomic E-state index is 0. The van der Waals surface area contributed by atoms with Gasteiger partial charge in [0.15, 0.2) is 0 Å². The summed E-state index contributed by atoms with van der Waals surface area (Å²) in [5, 5.41) is 9.44. The molecule has 0 spiro atoms. The Balaban J connectivity index is 0. The second-order valence-corrected chi connectivity index (χ2v) is 1.75. The van der Waals surface area contributed by atoms with Gasteiger partial charge in [-0.2, -0.15) is 0 Å². The van der Waals surface area contributed by atoms with Crippen molar-refractivity contribution in [2.45, 2.75) is 0 Å². The van der Waals surface area contributed by atoms with Crippen LogP contribution >= 0.6 is 9.47 Å². The molecule has 23 valence electrons. The van der Waals surface area contributed by atoms with Gasteiger partial charge in [-0.15, -0.1) is 0 Å². The molecule has 5 heavy (non-hydrogen) atoms. The predicted octanol–water partition coefficient (Wildman–Crippen LogP) is 0.0140. The quantitative estimate of drug-likeness (QED) is 0.401.